The van der Waals surface area contributed by atoms with Crippen LogP contribution >= 0.6 is 11.8 Å². The number of rotatable bonds is 6. The molecule has 0 radical (unpaired) electrons. The average Bonchev–Trinajstić information content (AvgIpc) is 2.41. The minimum Gasteiger partial charge on any atom is -0.481 e. The molecule has 0 aromatic heterocycles. The van der Waals surface area contributed by atoms with Gasteiger partial charge >= 0.3 is 5.97 Å². The highest BCUT2D eigenvalue weighted by molar-refractivity contribution is 7.98. The number of carbonyl (C=O) groups is 2. The number of amides is 1. The zero-order valence-electron chi connectivity index (χ0n) is 12.4. The smallest absolute Gasteiger partial charge is 0.303 e. The van der Waals surface area contributed by atoms with Crippen LogP contribution in [0.5, 0.6) is 0 Å². The minimum atomic E-state index is -0.787. The molecule has 0 spiro atoms. The number of hydrogen-bond acceptors (Lipinski definition) is 3. The highest BCUT2D eigenvalue weighted by Crippen LogP contribution is 2.43. The van der Waals surface area contributed by atoms with E-state index in [1.54, 1.807) is 11.8 Å². The van der Waals surface area contributed by atoms with Gasteiger partial charge in [-0.1, -0.05) is 12.5 Å². The lowest BCUT2D eigenvalue weighted by molar-refractivity contribution is -0.141. The SMILES string of the molecule is CSc1ccc(C)c(C(=O)NCC2(CC(=O)O)CCC2)c1. The van der Waals surface area contributed by atoms with Crippen LogP contribution in [0.2, 0.25) is 0 Å². The minimum absolute atomic E-state index is 0.111. The van der Waals surface area contributed by atoms with Gasteiger partial charge in [0.2, 0.25) is 0 Å². The number of carbonyl (C=O) groups excluding carboxylic acids is 1. The van der Waals surface area contributed by atoms with Gasteiger partial charge in [0.15, 0.2) is 0 Å². The molecule has 1 aliphatic rings. The number of aliphatic carboxylic acids is 1. The van der Waals surface area contributed by atoms with Gasteiger partial charge in [-0.25, -0.2) is 0 Å². The van der Waals surface area contributed by atoms with Crippen LogP contribution in [0.15, 0.2) is 23.1 Å². The van der Waals surface area contributed by atoms with Gasteiger partial charge in [0.05, 0.1) is 6.42 Å². The first-order valence-electron chi connectivity index (χ1n) is 7.10. The van der Waals surface area contributed by atoms with E-state index in [9.17, 15) is 9.59 Å². The first-order valence-corrected chi connectivity index (χ1v) is 8.33. The summed E-state index contributed by atoms with van der Waals surface area (Å²) in [5, 5.41) is 11.9. The molecule has 21 heavy (non-hydrogen) atoms. The van der Waals surface area contributed by atoms with Crippen molar-refractivity contribution >= 4 is 23.6 Å². The molecular weight excluding hydrogens is 286 g/mol. The summed E-state index contributed by atoms with van der Waals surface area (Å²) in [6.07, 6.45) is 4.91. The van der Waals surface area contributed by atoms with Crippen molar-refractivity contribution in [1.29, 1.82) is 0 Å². The lowest BCUT2D eigenvalue weighted by atomic mass is 9.66. The van der Waals surface area contributed by atoms with E-state index < -0.39 is 5.97 Å². The zero-order valence-corrected chi connectivity index (χ0v) is 13.3. The Bertz CT molecular complexity index is 552. The molecule has 4 nitrogen and oxygen atoms in total. The normalized spacial score (nSPS) is 16.1. The molecule has 1 aromatic carbocycles. The Morgan fingerprint density at radius 3 is 2.62 bits per heavy atom. The van der Waals surface area contributed by atoms with Crippen LogP contribution in [0, 0.1) is 12.3 Å². The third-order valence-corrected chi connectivity index (χ3v) is 4.98. The fourth-order valence-electron chi connectivity index (χ4n) is 2.75. The molecule has 1 aromatic rings. The van der Waals surface area contributed by atoms with Gasteiger partial charge in [-0.2, -0.15) is 0 Å². The van der Waals surface area contributed by atoms with Crippen LogP contribution in [0.25, 0.3) is 0 Å². The van der Waals surface area contributed by atoms with Crippen molar-refractivity contribution in [1.82, 2.24) is 5.32 Å². The Hall–Kier alpha value is -1.49. The zero-order chi connectivity index (χ0) is 15.5. The highest BCUT2D eigenvalue weighted by atomic mass is 32.2. The molecule has 5 heteroatoms. The summed E-state index contributed by atoms with van der Waals surface area (Å²) in [6.45, 7) is 2.36. The van der Waals surface area contributed by atoms with E-state index in [0.29, 0.717) is 12.1 Å². The largest absolute Gasteiger partial charge is 0.481 e. The van der Waals surface area contributed by atoms with Crippen LogP contribution in [0.3, 0.4) is 0 Å². The number of benzene rings is 1. The summed E-state index contributed by atoms with van der Waals surface area (Å²) < 4.78 is 0. The number of thioether (sulfide) groups is 1. The van der Waals surface area contributed by atoms with Gasteiger partial charge in [-0.05, 0) is 49.1 Å². The van der Waals surface area contributed by atoms with E-state index in [2.05, 4.69) is 5.32 Å². The number of aryl methyl sites for hydroxylation is 1. The van der Waals surface area contributed by atoms with Crippen molar-refractivity contribution in [2.45, 2.75) is 37.5 Å². The number of carboxylic acids is 1. The lowest BCUT2D eigenvalue weighted by Gasteiger charge is -2.40. The number of nitrogens with one attached hydrogen (secondary N) is 1. The summed E-state index contributed by atoms with van der Waals surface area (Å²) in [4.78, 5) is 24.3. The van der Waals surface area contributed by atoms with E-state index in [-0.39, 0.29) is 17.7 Å². The maximum absolute atomic E-state index is 12.3. The van der Waals surface area contributed by atoms with Crippen molar-refractivity contribution in [2.24, 2.45) is 5.41 Å². The molecule has 1 fully saturated rings. The first kappa shape index (κ1) is 15.9. The van der Waals surface area contributed by atoms with Gasteiger partial charge in [0.1, 0.15) is 0 Å². The first-order chi connectivity index (χ1) is 9.96. The second-order valence-electron chi connectivity index (χ2n) is 5.79. The summed E-state index contributed by atoms with van der Waals surface area (Å²) in [7, 11) is 0. The third-order valence-electron chi connectivity index (χ3n) is 4.25. The molecule has 0 unspecified atom stereocenters. The lowest BCUT2D eigenvalue weighted by Crippen LogP contribution is -2.43. The molecule has 0 aliphatic heterocycles. The monoisotopic (exact) mass is 307 g/mol. The van der Waals surface area contributed by atoms with Crippen LogP contribution in [0.1, 0.15) is 41.6 Å². The Morgan fingerprint density at radius 1 is 1.38 bits per heavy atom. The maximum atomic E-state index is 12.3. The molecule has 0 atom stereocenters. The summed E-state index contributed by atoms with van der Waals surface area (Å²) in [6, 6.07) is 5.83. The topological polar surface area (TPSA) is 66.4 Å². The Labute approximate surface area is 129 Å². The van der Waals surface area contributed by atoms with Crippen molar-refractivity contribution in [3.8, 4) is 0 Å². The third kappa shape index (κ3) is 3.79. The second kappa shape index (κ2) is 6.52. The standard InChI is InChI=1S/C16H21NO3S/c1-11-4-5-12(21-2)8-13(11)15(20)17-10-16(6-3-7-16)9-14(18)19/h4-5,8H,3,6-7,9-10H2,1-2H3,(H,17,20)(H,18,19). The predicted octanol–water partition coefficient (Wildman–Crippen LogP) is 3.09. The summed E-state index contributed by atoms with van der Waals surface area (Å²) >= 11 is 1.60. The van der Waals surface area contributed by atoms with Crippen LogP contribution in [0.4, 0.5) is 0 Å². The average molecular weight is 307 g/mol. The van der Waals surface area contributed by atoms with Crippen LogP contribution in [-0.4, -0.2) is 29.8 Å². The molecular formula is C16H21NO3S. The van der Waals surface area contributed by atoms with Gasteiger partial charge in [0, 0.05) is 17.0 Å². The fourth-order valence-corrected chi connectivity index (χ4v) is 3.19. The molecule has 114 valence electrons. The molecule has 0 saturated heterocycles. The Balaban J connectivity index is 2.03. The Morgan fingerprint density at radius 2 is 2.10 bits per heavy atom. The molecule has 1 aliphatic carbocycles. The maximum Gasteiger partial charge on any atom is 0.303 e. The number of carboxylic acid groups (broad SMARTS) is 1. The van der Waals surface area contributed by atoms with Gasteiger partial charge in [0.25, 0.3) is 5.91 Å². The molecule has 1 saturated carbocycles. The summed E-state index contributed by atoms with van der Waals surface area (Å²) in [5.74, 6) is -0.899. The molecule has 1 amide bonds. The van der Waals surface area contributed by atoms with E-state index in [0.717, 1.165) is 29.7 Å². The van der Waals surface area contributed by atoms with Gasteiger partial charge in [-0.15, -0.1) is 11.8 Å². The second-order valence-corrected chi connectivity index (χ2v) is 6.67. The number of hydrogen-bond donors (Lipinski definition) is 2. The van der Waals surface area contributed by atoms with Crippen LogP contribution in [-0.2, 0) is 4.79 Å². The van der Waals surface area contributed by atoms with Crippen molar-refractivity contribution in [3.05, 3.63) is 29.3 Å². The van der Waals surface area contributed by atoms with Gasteiger partial charge < -0.3 is 10.4 Å². The molecule has 0 heterocycles. The highest BCUT2D eigenvalue weighted by Gasteiger charge is 2.39. The summed E-state index contributed by atoms with van der Waals surface area (Å²) in [5.41, 5.74) is 1.37. The molecule has 2 N–H and O–H groups in total. The van der Waals surface area contributed by atoms with E-state index >= 15 is 0 Å². The van der Waals surface area contributed by atoms with Crippen molar-refractivity contribution < 1.29 is 14.7 Å². The van der Waals surface area contributed by atoms with Crippen LogP contribution < -0.4 is 5.32 Å². The van der Waals surface area contributed by atoms with E-state index in [4.69, 9.17) is 5.11 Å². The van der Waals surface area contributed by atoms with Crippen molar-refractivity contribution in [2.75, 3.05) is 12.8 Å². The van der Waals surface area contributed by atoms with Crippen molar-refractivity contribution in [3.63, 3.8) is 0 Å². The Kier molecular flexibility index (Phi) is 4.93. The van der Waals surface area contributed by atoms with E-state index in [1.165, 1.54) is 0 Å². The predicted molar refractivity (Wildman–Crippen MR) is 83.8 cm³/mol. The molecule has 2 rings (SSSR count). The fraction of sp³-hybridized carbons (Fsp3) is 0.500. The molecule has 0 bridgehead atoms. The quantitative estimate of drug-likeness (QED) is 0.793. The van der Waals surface area contributed by atoms with Gasteiger partial charge in [-0.3, -0.25) is 9.59 Å². The van der Waals surface area contributed by atoms with E-state index in [1.807, 2.05) is 31.4 Å².